The molecule has 1 heterocycles. The summed E-state index contributed by atoms with van der Waals surface area (Å²) in [5.74, 6) is 0. The first-order valence-corrected chi connectivity index (χ1v) is 4.74. The number of hydrogen-bond acceptors (Lipinski definition) is 4. The summed E-state index contributed by atoms with van der Waals surface area (Å²) in [5.41, 5.74) is 2.23. The molecule has 0 aliphatic carbocycles. The number of rotatable bonds is 1. The van der Waals surface area contributed by atoms with Crippen molar-refractivity contribution in [2.24, 2.45) is 0 Å². The predicted molar refractivity (Wildman–Crippen MR) is 46.2 cm³/mol. The van der Waals surface area contributed by atoms with Gasteiger partial charge >= 0.3 is 6.16 Å². The Kier molecular flexibility index (Phi) is 1.86. The lowest BCUT2D eigenvalue weighted by molar-refractivity contribution is -0.266. The minimum absolute atomic E-state index is 0.757. The molecule has 0 N–H and O–H groups in total. The molecule has 1 aromatic carbocycles. The van der Waals surface area contributed by atoms with Gasteiger partial charge in [-0.2, -0.15) is 4.98 Å². The minimum Gasteiger partial charge on any atom is -0.422 e. The van der Waals surface area contributed by atoms with Crippen molar-refractivity contribution in [2.45, 2.75) is 0 Å². The maximum atomic E-state index is 10.2. The lowest BCUT2D eigenvalue weighted by Gasteiger charge is -1.93. The van der Waals surface area contributed by atoms with Gasteiger partial charge in [-0.15, -0.1) is 0 Å². The predicted octanol–water partition coefficient (Wildman–Crippen LogP) is 0.756. The molecule has 2 rings (SSSR count). The fourth-order valence-corrected chi connectivity index (χ4v) is 2.18. The van der Waals surface area contributed by atoms with E-state index in [0.29, 0.717) is 0 Å². The van der Waals surface area contributed by atoms with Gasteiger partial charge in [0.2, 0.25) is 4.70 Å². The van der Waals surface area contributed by atoms with Gasteiger partial charge in [-0.1, -0.05) is 12.1 Å². The van der Waals surface area contributed by atoms with Gasteiger partial charge in [0.1, 0.15) is 5.52 Å². The summed E-state index contributed by atoms with van der Waals surface area (Å²) < 4.78 is 5.31. The monoisotopic (exact) mass is 195 g/mol. The van der Waals surface area contributed by atoms with E-state index < -0.39 is 16.9 Å². The largest absolute Gasteiger partial charge is 0.422 e. The Hall–Kier alpha value is -1.62. The number of carbonyl (C=O) groups excluding carboxylic acids is 1. The molecule has 1 unspecified atom stereocenters. The van der Waals surface area contributed by atoms with Crippen molar-refractivity contribution >= 4 is 27.1 Å². The molecule has 1 atom stereocenters. The van der Waals surface area contributed by atoms with Gasteiger partial charge in [0.05, 0.1) is 0 Å². The molecule has 1 aromatic heterocycles. The van der Waals surface area contributed by atoms with Crippen LogP contribution in [0, 0.1) is 0 Å². The molecule has 4 nitrogen and oxygen atoms in total. The summed E-state index contributed by atoms with van der Waals surface area (Å²) in [6, 6.07) is 7.24. The van der Waals surface area contributed by atoms with E-state index in [4.69, 9.17) is 0 Å². The highest BCUT2D eigenvalue weighted by Gasteiger charge is 2.12. The first kappa shape index (κ1) is 8.00. The number of benzene rings is 1. The van der Waals surface area contributed by atoms with E-state index >= 15 is 0 Å². The molecule has 2 aromatic rings. The molecule has 66 valence electrons. The number of carboxylic acid groups (broad SMARTS) is 1. The number of thiazole rings is 1. The van der Waals surface area contributed by atoms with Crippen LogP contribution < -0.4 is 9.29 Å². The van der Waals surface area contributed by atoms with Gasteiger partial charge < -0.3 is 14.1 Å². The summed E-state index contributed by atoms with van der Waals surface area (Å²) in [4.78, 5) is 14.2. The summed E-state index contributed by atoms with van der Waals surface area (Å²) in [7, 11) is -0.886. The topological polar surface area (TPSA) is 62.2 Å². The molecule has 0 aliphatic heterocycles. The first-order chi connectivity index (χ1) is 6.27. The molecule has 0 spiro atoms. The van der Waals surface area contributed by atoms with Crippen LogP contribution in [0.2, 0.25) is 0 Å². The summed E-state index contributed by atoms with van der Waals surface area (Å²) in [5, 5.41) is 10.2. The van der Waals surface area contributed by atoms with Crippen molar-refractivity contribution in [1.29, 1.82) is 0 Å². The van der Waals surface area contributed by atoms with Crippen LogP contribution in [0.3, 0.4) is 0 Å². The normalized spacial score (nSPS) is 11.5. The van der Waals surface area contributed by atoms with E-state index in [-0.39, 0.29) is 0 Å². The fourth-order valence-electron chi connectivity index (χ4n) is 1.04. The zero-order chi connectivity index (χ0) is 9.26. The average molecular weight is 195 g/mol. The zero-order valence-electron chi connectivity index (χ0n) is 6.47. The Bertz CT molecular complexity index is 451. The van der Waals surface area contributed by atoms with Crippen molar-refractivity contribution in [2.75, 3.05) is 0 Å². The third-order valence-electron chi connectivity index (χ3n) is 1.53. The highest BCUT2D eigenvalue weighted by atomic mass is 32.2. The number of nitrogens with zero attached hydrogens (tertiary/aromatic N) is 1. The Morgan fingerprint density at radius 1 is 1.46 bits per heavy atom. The second-order valence-corrected chi connectivity index (χ2v) is 3.75. The van der Waals surface area contributed by atoms with Crippen LogP contribution in [0.4, 0.5) is 4.79 Å². The Morgan fingerprint density at radius 3 is 3.00 bits per heavy atom. The summed E-state index contributed by atoms with van der Waals surface area (Å²) in [6.45, 7) is 0. The van der Waals surface area contributed by atoms with E-state index in [1.807, 2.05) is 12.1 Å². The second kappa shape index (κ2) is 3.02. The Balaban J connectivity index is 2.51. The SMILES string of the molecule is O=C([O-])O[s+]1cnc2ccccc21. The molecule has 5 heteroatoms. The van der Waals surface area contributed by atoms with Crippen LogP contribution in [-0.2, 0) is 0 Å². The van der Waals surface area contributed by atoms with Gasteiger partial charge in [-0.25, -0.2) is 0 Å². The molecular weight excluding hydrogens is 190 g/mol. The van der Waals surface area contributed by atoms with E-state index in [9.17, 15) is 9.90 Å². The fraction of sp³-hybridized carbons (Fsp3) is 0. The maximum absolute atomic E-state index is 10.2. The zero-order valence-corrected chi connectivity index (χ0v) is 7.28. The molecule has 0 amide bonds. The molecule has 13 heavy (non-hydrogen) atoms. The molecule has 0 saturated heterocycles. The van der Waals surface area contributed by atoms with Gasteiger partial charge in [0.15, 0.2) is 10.8 Å². The molecule has 0 bridgehead atoms. The van der Waals surface area contributed by atoms with Crippen LogP contribution >= 0.6 is 10.8 Å². The molecular formula is C8H5NO3S. The van der Waals surface area contributed by atoms with Crippen LogP contribution in [0.5, 0.6) is 0 Å². The smallest absolute Gasteiger partial charge is 0.307 e. The molecule has 0 aliphatic rings. The molecule has 0 radical (unpaired) electrons. The van der Waals surface area contributed by atoms with Crippen molar-refractivity contribution < 1.29 is 14.1 Å². The number of aromatic nitrogens is 1. The lowest BCUT2D eigenvalue weighted by atomic mass is 10.3. The Morgan fingerprint density at radius 2 is 2.23 bits per heavy atom. The van der Waals surface area contributed by atoms with Crippen molar-refractivity contribution in [3.05, 3.63) is 29.8 Å². The maximum Gasteiger partial charge on any atom is 0.307 e. The number of para-hydroxylation sites is 1. The Labute approximate surface area is 76.6 Å². The molecule has 0 fully saturated rings. The van der Waals surface area contributed by atoms with Crippen molar-refractivity contribution in [3.63, 3.8) is 0 Å². The number of fused-ring (bicyclic) bond motifs is 1. The van der Waals surface area contributed by atoms with Crippen LogP contribution in [0.1, 0.15) is 0 Å². The first-order valence-electron chi connectivity index (χ1n) is 3.53. The highest BCUT2D eigenvalue weighted by Crippen LogP contribution is 2.26. The number of carbonyl (C=O) groups is 1. The van der Waals surface area contributed by atoms with Gasteiger partial charge in [-0.05, 0) is 6.07 Å². The average Bonchev–Trinajstić information content (AvgIpc) is 2.48. The third-order valence-corrected chi connectivity index (χ3v) is 2.92. The van der Waals surface area contributed by atoms with Gasteiger partial charge in [-0.3, -0.25) is 0 Å². The van der Waals surface area contributed by atoms with E-state index in [0.717, 1.165) is 10.2 Å². The number of hydrogen-bond donors (Lipinski definition) is 0. The van der Waals surface area contributed by atoms with Crippen LogP contribution in [-0.4, -0.2) is 11.1 Å². The van der Waals surface area contributed by atoms with Crippen molar-refractivity contribution in [1.82, 2.24) is 4.98 Å². The summed E-state index contributed by atoms with van der Waals surface area (Å²) >= 11 is 0. The standard InChI is InChI=1S/C8H5NO3S/c10-8(11)12-13-5-9-6-3-1-2-4-7(6)13/h1-5H. The van der Waals surface area contributed by atoms with Crippen LogP contribution in [0.15, 0.2) is 29.8 Å². The highest BCUT2D eigenvalue weighted by molar-refractivity contribution is 7.31. The quantitative estimate of drug-likeness (QED) is 0.630. The van der Waals surface area contributed by atoms with E-state index in [2.05, 4.69) is 9.17 Å². The molecule has 0 saturated carbocycles. The van der Waals surface area contributed by atoms with Gasteiger partial charge in [0, 0.05) is 6.07 Å². The van der Waals surface area contributed by atoms with Gasteiger partial charge in [0.25, 0.3) is 5.51 Å². The third kappa shape index (κ3) is 1.46. The van der Waals surface area contributed by atoms with E-state index in [1.54, 1.807) is 12.1 Å². The summed E-state index contributed by atoms with van der Waals surface area (Å²) in [6.07, 6.45) is -1.52. The second-order valence-electron chi connectivity index (χ2n) is 2.33. The van der Waals surface area contributed by atoms with Crippen molar-refractivity contribution in [3.8, 4) is 0 Å². The minimum atomic E-state index is -1.52. The lowest BCUT2D eigenvalue weighted by Crippen LogP contribution is -2.25. The van der Waals surface area contributed by atoms with E-state index in [1.165, 1.54) is 5.51 Å². The van der Waals surface area contributed by atoms with Crippen LogP contribution in [0.25, 0.3) is 10.2 Å².